The van der Waals surface area contributed by atoms with Crippen LogP contribution in [0.5, 0.6) is 11.5 Å². The zero-order chi connectivity index (χ0) is 18.4. The minimum atomic E-state index is -0.180. The molecular weight excluding hydrogens is 356 g/mol. The molecule has 0 spiro atoms. The first-order chi connectivity index (χ1) is 13.2. The highest BCUT2D eigenvalue weighted by molar-refractivity contribution is 7.10. The van der Waals surface area contributed by atoms with Crippen LogP contribution in [0, 0.1) is 6.92 Å². The van der Waals surface area contributed by atoms with E-state index >= 15 is 0 Å². The largest absolute Gasteiger partial charge is 0.497 e. The summed E-state index contributed by atoms with van der Waals surface area (Å²) >= 11 is 1.73. The molecule has 2 atom stereocenters. The summed E-state index contributed by atoms with van der Waals surface area (Å²) < 4.78 is 11.7. The molecule has 0 unspecified atom stereocenters. The van der Waals surface area contributed by atoms with Crippen molar-refractivity contribution in [1.82, 2.24) is 5.01 Å². The van der Waals surface area contributed by atoms with Gasteiger partial charge in [-0.3, -0.25) is 0 Å². The fourth-order valence-corrected chi connectivity index (χ4v) is 4.75. The third kappa shape index (κ3) is 2.70. The Morgan fingerprint density at radius 1 is 1.11 bits per heavy atom. The van der Waals surface area contributed by atoms with Crippen LogP contribution in [0.25, 0.3) is 0 Å². The van der Waals surface area contributed by atoms with Gasteiger partial charge in [0.1, 0.15) is 11.5 Å². The molecule has 0 N–H and O–H groups in total. The van der Waals surface area contributed by atoms with Gasteiger partial charge in [0.2, 0.25) is 6.23 Å². The lowest BCUT2D eigenvalue weighted by molar-refractivity contribution is -0.0169. The topological polar surface area (TPSA) is 34.1 Å². The van der Waals surface area contributed by atoms with E-state index in [9.17, 15) is 0 Å². The molecule has 5 rings (SSSR count). The van der Waals surface area contributed by atoms with Crippen LogP contribution >= 0.6 is 11.3 Å². The van der Waals surface area contributed by atoms with E-state index in [0.717, 1.165) is 29.2 Å². The second kappa shape index (κ2) is 6.43. The summed E-state index contributed by atoms with van der Waals surface area (Å²) in [5, 5.41) is 9.26. The number of benzene rings is 2. The summed E-state index contributed by atoms with van der Waals surface area (Å²) in [5.74, 6) is 1.82. The SMILES string of the molecule is COc1ccc(C2=NN3[C@H](C2)c2ccccc2O[C@H]3c2sccc2C)cc1. The van der Waals surface area contributed by atoms with Crippen molar-refractivity contribution in [2.45, 2.75) is 25.6 Å². The number of aryl methyl sites for hydroxylation is 1. The lowest BCUT2D eigenvalue weighted by Crippen LogP contribution is -2.33. The van der Waals surface area contributed by atoms with Crippen molar-refractivity contribution in [2.75, 3.05) is 7.11 Å². The Kier molecular flexibility index (Phi) is 3.90. The molecule has 0 bridgehead atoms. The molecule has 0 aliphatic carbocycles. The average Bonchev–Trinajstić information content (AvgIpc) is 3.34. The first-order valence-corrected chi connectivity index (χ1v) is 9.92. The van der Waals surface area contributed by atoms with Crippen LogP contribution in [0.3, 0.4) is 0 Å². The average molecular weight is 376 g/mol. The fraction of sp³-hybridized carbons (Fsp3) is 0.227. The Morgan fingerprint density at radius 2 is 1.93 bits per heavy atom. The molecule has 0 fully saturated rings. The van der Waals surface area contributed by atoms with E-state index in [1.54, 1.807) is 18.4 Å². The van der Waals surface area contributed by atoms with Gasteiger partial charge in [-0.15, -0.1) is 11.3 Å². The third-order valence-electron chi connectivity index (χ3n) is 5.25. The van der Waals surface area contributed by atoms with Crippen molar-refractivity contribution >= 4 is 17.0 Å². The number of ether oxygens (including phenoxy) is 2. The summed E-state index contributed by atoms with van der Waals surface area (Å²) in [5.41, 5.74) is 4.66. The summed E-state index contributed by atoms with van der Waals surface area (Å²) in [6.45, 7) is 2.13. The van der Waals surface area contributed by atoms with E-state index in [2.05, 4.69) is 53.7 Å². The number of methoxy groups -OCH3 is 1. The second-order valence-electron chi connectivity index (χ2n) is 6.85. The number of nitrogens with zero attached hydrogens (tertiary/aromatic N) is 2. The van der Waals surface area contributed by atoms with Crippen LogP contribution in [-0.2, 0) is 0 Å². The van der Waals surface area contributed by atoms with E-state index in [4.69, 9.17) is 14.6 Å². The normalized spacial score (nSPS) is 20.5. The second-order valence-corrected chi connectivity index (χ2v) is 7.80. The monoisotopic (exact) mass is 376 g/mol. The smallest absolute Gasteiger partial charge is 0.223 e. The molecule has 0 saturated heterocycles. The van der Waals surface area contributed by atoms with Crippen LogP contribution in [-0.4, -0.2) is 17.8 Å². The van der Waals surface area contributed by atoms with Gasteiger partial charge < -0.3 is 9.47 Å². The first-order valence-electron chi connectivity index (χ1n) is 9.04. The minimum absolute atomic E-state index is 0.180. The predicted molar refractivity (Wildman–Crippen MR) is 108 cm³/mol. The molecule has 3 heterocycles. The molecule has 2 aliphatic heterocycles. The van der Waals surface area contributed by atoms with Crippen molar-refractivity contribution in [1.29, 1.82) is 0 Å². The van der Waals surface area contributed by atoms with Gasteiger partial charge >= 0.3 is 0 Å². The fourth-order valence-electron chi connectivity index (χ4n) is 3.80. The highest BCUT2D eigenvalue weighted by Gasteiger charge is 2.41. The summed E-state index contributed by atoms with van der Waals surface area (Å²) in [4.78, 5) is 1.22. The highest BCUT2D eigenvalue weighted by Crippen LogP contribution is 2.48. The van der Waals surface area contributed by atoms with Crippen LogP contribution < -0.4 is 9.47 Å². The molecule has 5 heteroatoms. The maximum absolute atomic E-state index is 6.40. The van der Waals surface area contributed by atoms with Gasteiger partial charge in [-0.05, 0) is 59.8 Å². The van der Waals surface area contributed by atoms with Gasteiger partial charge in [0.25, 0.3) is 0 Å². The molecule has 4 nitrogen and oxygen atoms in total. The Hall–Kier alpha value is -2.79. The molecular formula is C22H20N2O2S. The molecule has 3 aromatic rings. The number of para-hydroxylation sites is 1. The van der Waals surface area contributed by atoms with E-state index in [1.165, 1.54) is 16.0 Å². The molecule has 2 aromatic carbocycles. The summed E-state index contributed by atoms with van der Waals surface area (Å²) in [6, 6.07) is 18.8. The highest BCUT2D eigenvalue weighted by atomic mass is 32.1. The van der Waals surface area contributed by atoms with Gasteiger partial charge in [-0.2, -0.15) is 5.10 Å². The van der Waals surface area contributed by atoms with Crippen LogP contribution in [0.1, 0.15) is 40.3 Å². The number of hydrogen-bond acceptors (Lipinski definition) is 5. The Morgan fingerprint density at radius 3 is 2.67 bits per heavy atom. The Balaban J connectivity index is 1.57. The number of hydrazone groups is 1. The van der Waals surface area contributed by atoms with Gasteiger partial charge in [0.15, 0.2) is 0 Å². The van der Waals surface area contributed by atoms with E-state index < -0.39 is 0 Å². The van der Waals surface area contributed by atoms with Crippen molar-refractivity contribution in [2.24, 2.45) is 5.10 Å². The van der Waals surface area contributed by atoms with Gasteiger partial charge in [0, 0.05) is 12.0 Å². The Bertz CT molecular complexity index is 1010. The number of thiophene rings is 1. The standard InChI is InChI=1S/C22H20N2O2S/c1-14-11-12-27-21(14)22-24-19(17-5-3-4-6-20(17)26-22)13-18(23-24)15-7-9-16(25-2)10-8-15/h3-12,19,22H,13H2,1-2H3/t19-,22+/m1/s1. The Labute approximate surface area is 162 Å². The number of fused-ring (bicyclic) bond motifs is 3. The summed E-state index contributed by atoms with van der Waals surface area (Å²) in [7, 11) is 1.69. The molecule has 136 valence electrons. The van der Waals surface area contributed by atoms with Gasteiger partial charge in [0.05, 0.1) is 23.7 Å². The van der Waals surface area contributed by atoms with Crippen molar-refractivity contribution < 1.29 is 9.47 Å². The number of rotatable bonds is 3. The maximum atomic E-state index is 6.40. The maximum Gasteiger partial charge on any atom is 0.223 e. The number of hydrogen-bond donors (Lipinski definition) is 0. The lowest BCUT2D eigenvalue weighted by atomic mass is 9.96. The van der Waals surface area contributed by atoms with Crippen molar-refractivity contribution in [3.05, 3.63) is 81.5 Å². The van der Waals surface area contributed by atoms with Crippen LogP contribution in [0.4, 0.5) is 0 Å². The zero-order valence-electron chi connectivity index (χ0n) is 15.3. The predicted octanol–water partition coefficient (Wildman–Crippen LogP) is 5.31. The van der Waals surface area contributed by atoms with Gasteiger partial charge in [-0.1, -0.05) is 18.2 Å². The third-order valence-corrected chi connectivity index (χ3v) is 6.30. The van der Waals surface area contributed by atoms with Crippen molar-refractivity contribution in [3.63, 3.8) is 0 Å². The van der Waals surface area contributed by atoms with Crippen LogP contribution in [0.2, 0.25) is 0 Å². The van der Waals surface area contributed by atoms with E-state index in [-0.39, 0.29) is 12.3 Å². The zero-order valence-corrected chi connectivity index (χ0v) is 16.1. The molecule has 0 amide bonds. The summed E-state index contributed by atoms with van der Waals surface area (Å²) in [6.07, 6.45) is 0.689. The quantitative estimate of drug-likeness (QED) is 0.621. The minimum Gasteiger partial charge on any atom is -0.497 e. The van der Waals surface area contributed by atoms with Crippen molar-refractivity contribution in [3.8, 4) is 11.5 Å². The molecule has 27 heavy (non-hydrogen) atoms. The van der Waals surface area contributed by atoms with Gasteiger partial charge in [-0.25, -0.2) is 5.01 Å². The lowest BCUT2D eigenvalue weighted by Gasteiger charge is -2.37. The molecule has 0 radical (unpaired) electrons. The molecule has 1 aromatic heterocycles. The molecule has 2 aliphatic rings. The van der Waals surface area contributed by atoms with E-state index in [1.807, 2.05) is 18.2 Å². The molecule has 0 saturated carbocycles. The van der Waals surface area contributed by atoms with E-state index in [0.29, 0.717) is 0 Å². The van der Waals surface area contributed by atoms with Crippen LogP contribution in [0.15, 0.2) is 65.1 Å². The first kappa shape index (κ1) is 16.4.